The number of hydrogen-bond acceptors (Lipinski definition) is 3. The number of rotatable bonds is 4. The molecule has 0 fully saturated rings. The van der Waals surface area contributed by atoms with Gasteiger partial charge in [0.15, 0.2) is 17.8 Å². The molecule has 0 aliphatic carbocycles. The number of benzene rings is 1. The molecule has 27 heavy (non-hydrogen) atoms. The molecule has 0 amide bonds. The van der Waals surface area contributed by atoms with Crippen LogP contribution in [0.2, 0.25) is 0 Å². The van der Waals surface area contributed by atoms with Gasteiger partial charge in [-0.3, -0.25) is 4.79 Å². The Hall–Kier alpha value is -2.56. The largest absolute Gasteiger partial charge is 0.346 e. The molecule has 2 aromatic heterocycles. The van der Waals surface area contributed by atoms with Crippen LogP contribution in [0, 0.1) is 12.3 Å². The summed E-state index contributed by atoms with van der Waals surface area (Å²) < 4.78 is 15.5. The van der Waals surface area contributed by atoms with Gasteiger partial charge in [0.1, 0.15) is 0 Å². The van der Waals surface area contributed by atoms with Crippen LogP contribution in [0.3, 0.4) is 0 Å². The van der Waals surface area contributed by atoms with Crippen molar-refractivity contribution >= 4 is 16.7 Å². The first-order chi connectivity index (χ1) is 12.6. The number of fused-ring (bicyclic) bond motifs is 1. The summed E-state index contributed by atoms with van der Waals surface area (Å²) in [6, 6.07) is 4.08. The van der Waals surface area contributed by atoms with Gasteiger partial charge in [-0.2, -0.15) is 0 Å². The maximum Gasteiger partial charge on any atom is 0.162 e. The maximum atomic E-state index is 13.4. The highest BCUT2D eigenvalue weighted by molar-refractivity contribution is 6.08. The lowest BCUT2D eigenvalue weighted by molar-refractivity contribution is 0.101. The molecular formula is C22H26FN3O. The van der Waals surface area contributed by atoms with E-state index in [-0.39, 0.29) is 17.0 Å². The van der Waals surface area contributed by atoms with E-state index in [9.17, 15) is 9.18 Å². The van der Waals surface area contributed by atoms with Gasteiger partial charge in [-0.15, -0.1) is 0 Å². The molecule has 0 saturated carbocycles. The third-order valence-corrected chi connectivity index (χ3v) is 4.55. The van der Waals surface area contributed by atoms with Crippen LogP contribution >= 0.6 is 0 Å². The van der Waals surface area contributed by atoms with Crippen molar-refractivity contribution in [3.8, 4) is 11.1 Å². The number of Topliss-reactive ketones (excluding diaryl/α,β-unsaturated/α-hetero) is 1. The van der Waals surface area contributed by atoms with Crippen LogP contribution in [-0.2, 0) is 6.54 Å². The van der Waals surface area contributed by atoms with Crippen LogP contribution < -0.4 is 0 Å². The fraction of sp³-hybridized carbons (Fsp3) is 0.409. The third-order valence-electron chi connectivity index (χ3n) is 4.55. The monoisotopic (exact) mass is 367 g/mol. The number of hydrogen-bond donors (Lipinski definition) is 0. The van der Waals surface area contributed by atoms with Crippen molar-refractivity contribution in [3.63, 3.8) is 0 Å². The van der Waals surface area contributed by atoms with Gasteiger partial charge in [-0.25, -0.2) is 14.4 Å². The molecule has 0 spiro atoms. The Morgan fingerprint density at radius 3 is 2.33 bits per heavy atom. The third kappa shape index (κ3) is 3.92. The highest BCUT2D eigenvalue weighted by Crippen LogP contribution is 2.33. The van der Waals surface area contributed by atoms with Crippen molar-refractivity contribution in [1.82, 2.24) is 14.5 Å². The predicted molar refractivity (Wildman–Crippen MR) is 107 cm³/mol. The van der Waals surface area contributed by atoms with E-state index in [1.807, 2.05) is 19.2 Å². The average molecular weight is 367 g/mol. The predicted octanol–water partition coefficient (Wildman–Crippen LogP) is 5.69. The molecule has 4 nitrogen and oxygen atoms in total. The second kappa shape index (κ2) is 6.87. The lowest BCUT2D eigenvalue weighted by Crippen LogP contribution is -2.15. The van der Waals surface area contributed by atoms with Crippen LogP contribution in [0.25, 0.3) is 22.0 Å². The highest BCUT2D eigenvalue weighted by Gasteiger charge is 2.19. The summed E-state index contributed by atoms with van der Waals surface area (Å²) in [5.41, 5.74) is 4.71. The van der Waals surface area contributed by atoms with Crippen LogP contribution in [0.5, 0.6) is 0 Å². The lowest BCUT2D eigenvalue weighted by atomic mass is 9.96. The zero-order valence-electron chi connectivity index (χ0n) is 16.8. The maximum absolute atomic E-state index is 13.4. The summed E-state index contributed by atoms with van der Waals surface area (Å²) in [6.45, 7) is 12.4. The van der Waals surface area contributed by atoms with Gasteiger partial charge in [0.25, 0.3) is 0 Å². The summed E-state index contributed by atoms with van der Waals surface area (Å²) in [7, 11) is 0. The molecule has 1 unspecified atom stereocenters. The van der Waals surface area contributed by atoms with Gasteiger partial charge < -0.3 is 4.57 Å². The van der Waals surface area contributed by atoms with Gasteiger partial charge in [0.2, 0.25) is 0 Å². The number of carbonyl (C=O) groups is 1. The lowest BCUT2D eigenvalue weighted by Gasteiger charge is -2.20. The SMILES string of the molecule is CC(=O)c1cn(CC(C)(C)C)c2c(C)cc(-c3cnc(C(C)F)nc3)cc12. The molecule has 0 radical (unpaired) electrons. The Morgan fingerprint density at radius 2 is 1.81 bits per heavy atom. The highest BCUT2D eigenvalue weighted by atomic mass is 19.1. The van der Waals surface area contributed by atoms with Gasteiger partial charge in [0, 0.05) is 41.6 Å². The van der Waals surface area contributed by atoms with Gasteiger partial charge in [-0.1, -0.05) is 20.8 Å². The van der Waals surface area contributed by atoms with Crippen LogP contribution in [-0.4, -0.2) is 20.3 Å². The van der Waals surface area contributed by atoms with E-state index in [2.05, 4.69) is 41.4 Å². The summed E-state index contributed by atoms with van der Waals surface area (Å²) in [4.78, 5) is 20.5. The van der Waals surface area contributed by atoms with E-state index in [0.717, 1.165) is 34.1 Å². The molecule has 0 aliphatic heterocycles. The standard InChI is InChI=1S/C22H26FN3O/c1-13-7-16(17-9-24-21(14(2)23)25-10-17)8-18-19(15(3)27)11-26(20(13)18)12-22(4,5)6/h7-11,14H,12H2,1-6H3. The second-order valence-corrected chi connectivity index (χ2v) is 8.42. The fourth-order valence-electron chi connectivity index (χ4n) is 3.43. The Balaban J connectivity index is 2.18. The number of halogens is 1. The topological polar surface area (TPSA) is 47.8 Å². The Labute approximate surface area is 159 Å². The molecule has 0 bridgehead atoms. The van der Waals surface area contributed by atoms with Crippen LogP contribution in [0.1, 0.15) is 62.5 Å². The summed E-state index contributed by atoms with van der Waals surface area (Å²) in [6.07, 6.45) is 4.04. The molecule has 3 aromatic rings. The first kappa shape index (κ1) is 19.2. The molecule has 1 atom stereocenters. The van der Waals surface area contributed by atoms with Crippen molar-refractivity contribution in [2.45, 2.75) is 54.3 Å². The molecule has 1 aromatic carbocycles. The molecule has 3 rings (SSSR count). The molecule has 5 heteroatoms. The van der Waals surface area contributed by atoms with E-state index >= 15 is 0 Å². The van der Waals surface area contributed by atoms with Gasteiger partial charge >= 0.3 is 0 Å². The summed E-state index contributed by atoms with van der Waals surface area (Å²) in [5.74, 6) is 0.222. The van der Waals surface area contributed by atoms with Crippen molar-refractivity contribution in [2.75, 3.05) is 0 Å². The molecular weight excluding hydrogens is 341 g/mol. The second-order valence-electron chi connectivity index (χ2n) is 8.42. The first-order valence-electron chi connectivity index (χ1n) is 9.17. The number of aryl methyl sites for hydroxylation is 1. The minimum absolute atomic E-state index is 0.0436. The van der Waals surface area contributed by atoms with E-state index in [1.165, 1.54) is 6.92 Å². The smallest absolute Gasteiger partial charge is 0.162 e. The number of carbonyl (C=O) groups excluding carboxylic acids is 1. The van der Waals surface area contributed by atoms with Crippen molar-refractivity contribution in [2.24, 2.45) is 5.41 Å². The average Bonchev–Trinajstić information content (AvgIpc) is 2.92. The quantitative estimate of drug-likeness (QED) is 0.557. The van der Waals surface area contributed by atoms with E-state index < -0.39 is 6.17 Å². The van der Waals surface area contributed by atoms with E-state index in [1.54, 1.807) is 19.3 Å². The normalized spacial score (nSPS) is 13.1. The van der Waals surface area contributed by atoms with Crippen molar-refractivity contribution < 1.29 is 9.18 Å². The van der Waals surface area contributed by atoms with Crippen LogP contribution in [0.4, 0.5) is 4.39 Å². The number of ketones is 1. The Bertz CT molecular complexity index is 995. The first-order valence-corrected chi connectivity index (χ1v) is 9.17. The van der Waals surface area contributed by atoms with Crippen molar-refractivity contribution in [3.05, 3.63) is 47.7 Å². The van der Waals surface area contributed by atoms with Crippen molar-refractivity contribution in [1.29, 1.82) is 0 Å². The Morgan fingerprint density at radius 1 is 1.19 bits per heavy atom. The van der Waals surface area contributed by atoms with Crippen LogP contribution in [0.15, 0.2) is 30.7 Å². The minimum atomic E-state index is -1.20. The molecule has 0 aliphatic rings. The summed E-state index contributed by atoms with van der Waals surface area (Å²) >= 11 is 0. The van der Waals surface area contributed by atoms with E-state index in [0.29, 0.717) is 5.56 Å². The summed E-state index contributed by atoms with van der Waals surface area (Å²) in [5, 5.41) is 0.935. The Kier molecular flexibility index (Phi) is 4.89. The molecule has 0 N–H and O–H groups in total. The zero-order chi connectivity index (χ0) is 19.9. The number of alkyl halides is 1. The number of aromatic nitrogens is 3. The minimum Gasteiger partial charge on any atom is -0.346 e. The van der Waals surface area contributed by atoms with Gasteiger partial charge in [-0.05, 0) is 49.4 Å². The molecule has 0 saturated heterocycles. The fourth-order valence-corrected chi connectivity index (χ4v) is 3.43. The van der Waals surface area contributed by atoms with E-state index in [4.69, 9.17) is 0 Å². The molecule has 2 heterocycles. The number of nitrogens with zero attached hydrogens (tertiary/aromatic N) is 3. The van der Waals surface area contributed by atoms with Gasteiger partial charge in [0.05, 0.1) is 5.52 Å². The zero-order valence-corrected chi connectivity index (χ0v) is 16.8. The molecule has 142 valence electrons.